The van der Waals surface area contributed by atoms with E-state index in [1.807, 2.05) is 12.1 Å². The molecule has 1 aliphatic rings. The predicted octanol–water partition coefficient (Wildman–Crippen LogP) is 1.33. The second-order valence-electron chi connectivity index (χ2n) is 4.67. The molecule has 2 N–H and O–H groups in total. The quantitative estimate of drug-likeness (QED) is 0.765. The van der Waals surface area contributed by atoms with E-state index in [0.29, 0.717) is 12.4 Å². The SMILES string of the molecule is Nc1cccc(-c2nn3c(C4CCOC4)nnc3s2)n1. The highest BCUT2D eigenvalue weighted by molar-refractivity contribution is 7.19. The van der Waals surface area contributed by atoms with E-state index in [2.05, 4.69) is 20.3 Å². The van der Waals surface area contributed by atoms with E-state index in [4.69, 9.17) is 10.5 Å². The van der Waals surface area contributed by atoms with Gasteiger partial charge in [-0.2, -0.15) is 9.61 Å². The number of ether oxygens (including phenoxy) is 1. The van der Waals surface area contributed by atoms with Crippen molar-refractivity contribution in [3.8, 4) is 10.7 Å². The Morgan fingerprint density at radius 3 is 3.10 bits per heavy atom. The van der Waals surface area contributed by atoms with Crippen LogP contribution in [0.3, 0.4) is 0 Å². The topological polar surface area (TPSA) is 91.2 Å². The van der Waals surface area contributed by atoms with Crippen molar-refractivity contribution in [2.24, 2.45) is 0 Å². The molecular weight excluding hydrogens is 276 g/mol. The number of nitrogen functional groups attached to an aromatic ring is 1. The highest BCUT2D eigenvalue weighted by Crippen LogP contribution is 2.28. The Morgan fingerprint density at radius 2 is 2.30 bits per heavy atom. The first-order valence-electron chi connectivity index (χ1n) is 6.34. The van der Waals surface area contributed by atoms with Gasteiger partial charge in [-0.3, -0.25) is 0 Å². The first-order valence-corrected chi connectivity index (χ1v) is 7.16. The normalized spacial score (nSPS) is 18.9. The molecule has 1 atom stereocenters. The second-order valence-corrected chi connectivity index (χ2v) is 5.62. The molecule has 4 rings (SSSR count). The molecule has 0 radical (unpaired) electrons. The first-order chi connectivity index (χ1) is 9.81. The van der Waals surface area contributed by atoms with E-state index in [1.165, 1.54) is 11.3 Å². The van der Waals surface area contributed by atoms with Crippen molar-refractivity contribution in [3.63, 3.8) is 0 Å². The zero-order valence-electron chi connectivity index (χ0n) is 10.6. The zero-order valence-corrected chi connectivity index (χ0v) is 11.4. The van der Waals surface area contributed by atoms with Gasteiger partial charge in [-0.25, -0.2) is 4.98 Å². The number of fused-ring (bicyclic) bond motifs is 1. The lowest BCUT2D eigenvalue weighted by Gasteiger charge is -2.01. The summed E-state index contributed by atoms with van der Waals surface area (Å²) < 4.78 is 7.20. The van der Waals surface area contributed by atoms with Crippen molar-refractivity contribution in [2.75, 3.05) is 18.9 Å². The minimum atomic E-state index is 0.272. The highest BCUT2D eigenvalue weighted by Gasteiger charge is 2.25. The van der Waals surface area contributed by atoms with Gasteiger partial charge >= 0.3 is 0 Å². The minimum absolute atomic E-state index is 0.272. The van der Waals surface area contributed by atoms with Gasteiger partial charge in [0.05, 0.1) is 6.61 Å². The maximum Gasteiger partial charge on any atom is 0.235 e. The molecule has 0 saturated carbocycles. The smallest absolute Gasteiger partial charge is 0.235 e. The van der Waals surface area contributed by atoms with Gasteiger partial charge in [0, 0.05) is 12.5 Å². The van der Waals surface area contributed by atoms with Crippen molar-refractivity contribution in [2.45, 2.75) is 12.3 Å². The molecule has 1 saturated heterocycles. The summed E-state index contributed by atoms with van der Waals surface area (Å²) in [6.07, 6.45) is 0.962. The van der Waals surface area contributed by atoms with Crippen LogP contribution in [0.15, 0.2) is 18.2 Å². The minimum Gasteiger partial charge on any atom is -0.384 e. The lowest BCUT2D eigenvalue weighted by molar-refractivity contribution is 0.193. The van der Waals surface area contributed by atoms with Crippen molar-refractivity contribution in [3.05, 3.63) is 24.0 Å². The number of hydrogen-bond acceptors (Lipinski definition) is 7. The highest BCUT2D eigenvalue weighted by atomic mass is 32.1. The van der Waals surface area contributed by atoms with Crippen LogP contribution >= 0.6 is 11.3 Å². The maximum absolute atomic E-state index is 5.71. The molecule has 0 aliphatic carbocycles. The third kappa shape index (κ3) is 1.84. The van der Waals surface area contributed by atoms with Gasteiger partial charge in [0.2, 0.25) is 4.96 Å². The molecular formula is C12H12N6OS. The molecule has 7 nitrogen and oxygen atoms in total. The van der Waals surface area contributed by atoms with E-state index < -0.39 is 0 Å². The predicted molar refractivity (Wildman–Crippen MR) is 74.5 cm³/mol. The largest absolute Gasteiger partial charge is 0.384 e. The van der Waals surface area contributed by atoms with E-state index in [1.54, 1.807) is 10.6 Å². The third-order valence-electron chi connectivity index (χ3n) is 3.30. The number of nitrogens with zero attached hydrogens (tertiary/aromatic N) is 5. The van der Waals surface area contributed by atoms with Gasteiger partial charge in [0.25, 0.3) is 0 Å². The van der Waals surface area contributed by atoms with Gasteiger partial charge in [-0.05, 0) is 18.6 Å². The molecule has 20 heavy (non-hydrogen) atoms. The number of rotatable bonds is 2. The first kappa shape index (κ1) is 11.7. The molecule has 1 fully saturated rings. The molecule has 1 unspecified atom stereocenters. The molecule has 0 amide bonds. The fraction of sp³-hybridized carbons (Fsp3) is 0.333. The monoisotopic (exact) mass is 288 g/mol. The Hall–Kier alpha value is -2.06. The fourth-order valence-electron chi connectivity index (χ4n) is 2.30. The van der Waals surface area contributed by atoms with Gasteiger partial charge < -0.3 is 10.5 Å². The van der Waals surface area contributed by atoms with Crippen LogP contribution in [0.1, 0.15) is 18.2 Å². The lowest BCUT2D eigenvalue weighted by atomic mass is 10.1. The summed E-state index contributed by atoms with van der Waals surface area (Å²) in [5.74, 6) is 1.62. The summed E-state index contributed by atoms with van der Waals surface area (Å²) in [4.78, 5) is 5.05. The Bertz CT molecular complexity index is 760. The van der Waals surface area contributed by atoms with Crippen LogP contribution in [-0.4, -0.2) is 38.0 Å². The molecule has 3 aromatic rings. The van der Waals surface area contributed by atoms with E-state index >= 15 is 0 Å². The molecule has 102 valence electrons. The molecule has 1 aliphatic heterocycles. The standard InChI is InChI=1S/C12H12N6OS/c13-9-3-1-2-8(14-9)11-17-18-10(7-4-5-19-6-7)15-16-12(18)20-11/h1-3,7H,4-6H2,(H2,13,14). The van der Waals surface area contributed by atoms with E-state index in [9.17, 15) is 0 Å². The van der Waals surface area contributed by atoms with Gasteiger partial charge in [0.15, 0.2) is 10.8 Å². The van der Waals surface area contributed by atoms with Crippen LogP contribution in [-0.2, 0) is 4.74 Å². The van der Waals surface area contributed by atoms with Crippen LogP contribution in [0, 0.1) is 0 Å². The number of hydrogen-bond donors (Lipinski definition) is 1. The summed E-state index contributed by atoms with van der Waals surface area (Å²) in [5, 5.41) is 13.8. The fourth-order valence-corrected chi connectivity index (χ4v) is 3.12. The van der Waals surface area contributed by atoms with Gasteiger partial charge in [0.1, 0.15) is 11.5 Å². The van der Waals surface area contributed by atoms with Gasteiger partial charge in [-0.15, -0.1) is 10.2 Å². The molecule has 0 aromatic carbocycles. The number of aromatic nitrogens is 5. The molecule has 0 spiro atoms. The molecule has 4 heterocycles. The van der Waals surface area contributed by atoms with Gasteiger partial charge in [-0.1, -0.05) is 17.4 Å². The van der Waals surface area contributed by atoms with Crippen molar-refractivity contribution < 1.29 is 4.74 Å². The second kappa shape index (κ2) is 4.50. The molecule has 3 aromatic heterocycles. The van der Waals surface area contributed by atoms with Crippen LogP contribution in [0.25, 0.3) is 15.7 Å². The van der Waals surface area contributed by atoms with Crippen LogP contribution in [0.5, 0.6) is 0 Å². The summed E-state index contributed by atoms with van der Waals surface area (Å²) >= 11 is 1.46. The molecule has 8 heteroatoms. The van der Waals surface area contributed by atoms with Crippen LogP contribution in [0.2, 0.25) is 0 Å². The van der Waals surface area contributed by atoms with Crippen molar-refractivity contribution in [1.29, 1.82) is 0 Å². The Balaban J connectivity index is 1.79. The van der Waals surface area contributed by atoms with E-state index in [-0.39, 0.29) is 5.92 Å². The van der Waals surface area contributed by atoms with Crippen molar-refractivity contribution in [1.82, 2.24) is 24.8 Å². The summed E-state index contributed by atoms with van der Waals surface area (Å²) in [6, 6.07) is 5.51. The summed E-state index contributed by atoms with van der Waals surface area (Å²) in [6.45, 7) is 1.46. The van der Waals surface area contributed by atoms with E-state index in [0.717, 1.165) is 34.5 Å². The average Bonchev–Trinajstić information content (AvgIpc) is 3.14. The summed E-state index contributed by atoms with van der Waals surface area (Å²) in [5.41, 5.74) is 6.47. The van der Waals surface area contributed by atoms with Crippen LogP contribution < -0.4 is 5.73 Å². The Kier molecular flexibility index (Phi) is 2.64. The zero-order chi connectivity index (χ0) is 13.5. The van der Waals surface area contributed by atoms with Crippen molar-refractivity contribution >= 4 is 22.1 Å². The maximum atomic E-state index is 5.71. The number of nitrogens with two attached hydrogens (primary N) is 1. The number of anilines is 1. The Morgan fingerprint density at radius 1 is 1.35 bits per heavy atom. The Labute approximate surface area is 118 Å². The summed E-state index contributed by atoms with van der Waals surface area (Å²) in [7, 11) is 0. The number of pyridine rings is 1. The molecule has 0 bridgehead atoms. The lowest BCUT2D eigenvalue weighted by Crippen LogP contribution is -2.04. The van der Waals surface area contributed by atoms with Crippen LogP contribution in [0.4, 0.5) is 5.82 Å². The average molecular weight is 288 g/mol. The third-order valence-corrected chi connectivity index (χ3v) is 4.22.